The number of nitrogens with zero attached hydrogens (tertiary/aromatic N) is 1. The van der Waals surface area contributed by atoms with E-state index in [0.29, 0.717) is 27.9 Å². The van der Waals surface area contributed by atoms with Crippen molar-refractivity contribution in [2.75, 3.05) is 12.3 Å². The van der Waals surface area contributed by atoms with Crippen molar-refractivity contribution in [1.29, 1.82) is 0 Å². The summed E-state index contributed by atoms with van der Waals surface area (Å²) in [7, 11) is 0. The van der Waals surface area contributed by atoms with E-state index < -0.39 is 17.3 Å². The van der Waals surface area contributed by atoms with Crippen LogP contribution in [0.25, 0.3) is 16.6 Å². The quantitative estimate of drug-likeness (QED) is 0.547. The number of fused-ring (bicyclic) bond motifs is 1. The molecule has 5 nitrogen and oxygen atoms in total. The van der Waals surface area contributed by atoms with Crippen LogP contribution in [-0.2, 0) is 4.74 Å². The van der Waals surface area contributed by atoms with Crippen LogP contribution in [0.2, 0.25) is 0 Å². The highest BCUT2D eigenvalue weighted by atomic mass is 19.1. The molecule has 28 heavy (non-hydrogen) atoms. The average molecular weight is 380 g/mol. The summed E-state index contributed by atoms with van der Waals surface area (Å²) < 4.78 is 21.4. The first-order valence-electron chi connectivity index (χ1n) is 9.33. The van der Waals surface area contributed by atoms with Gasteiger partial charge in [0, 0.05) is 17.4 Å². The molecule has 0 aliphatic heterocycles. The second-order valence-electron chi connectivity index (χ2n) is 7.13. The number of pyridine rings is 2. The predicted octanol–water partition coefficient (Wildman–Crippen LogP) is 4.05. The van der Waals surface area contributed by atoms with Crippen molar-refractivity contribution in [3.05, 3.63) is 69.4 Å². The van der Waals surface area contributed by atoms with Gasteiger partial charge < -0.3 is 10.5 Å². The van der Waals surface area contributed by atoms with Crippen molar-refractivity contribution in [3.63, 3.8) is 0 Å². The van der Waals surface area contributed by atoms with Crippen LogP contribution in [0, 0.1) is 12.7 Å². The lowest BCUT2D eigenvalue weighted by atomic mass is 9.96. The zero-order valence-corrected chi connectivity index (χ0v) is 15.8. The molecule has 2 aromatic heterocycles. The lowest BCUT2D eigenvalue weighted by Gasteiger charge is -2.17. The van der Waals surface area contributed by atoms with Gasteiger partial charge in [-0.1, -0.05) is 12.1 Å². The number of hydrogen-bond acceptors (Lipinski definition) is 4. The van der Waals surface area contributed by atoms with Gasteiger partial charge >= 0.3 is 5.97 Å². The molecule has 3 aromatic rings. The topological polar surface area (TPSA) is 73.8 Å². The van der Waals surface area contributed by atoms with Gasteiger partial charge in [0.1, 0.15) is 11.4 Å². The minimum absolute atomic E-state index is 0.0586. The van der Waals surface area contributed by atoms with Gasteiger partial charge in [-0.15, -0.1) is 0 Å². The molecule has 4 rings (SSSR count). The van der Waals surface area contributed by atoms with Crippen LogP contribution < -0.4 is 11.3 Å². The van der Waals surface area contributed by atoms with Crippen LogP contribution in [0.1, 0.15) is 47.2 Å². The number of carbonyl (C=O) groups is 1. The Labute approximate surface area is 161 Å². The Hall–Kier alpha value is -3.15. The number of halogens is 1. The van der Waals surface area contributed by atoms with E-state index in [1.165, 1.54) is 4.40 Å². The van der Waals surface area contributed by atoms with Crippen LogP contribution >= 0.6 is 0 Å². The third-order valence-electron chi connectivity index (χ3n) is 5.16. The van der Waals surface area contributed by atoms with Crippen molar-refractivity contribution in [2.45, 2.75) is 32.6 Å². The largest absolute Gasteiger partial charge is 0.462 e. The Bertz CT molecular complexity index is 1160. The first kappa shape index (κ1) is 18.2. The van der Waals surface area contributed by atoms with Crippen LogP contribution in [0.15, 0.2) is 41.3 Å². The maximum absolute atomic E-state index is 15.1. The number of aryl methyl sites for hydroxylation is 1. The highest BCUT2D eigenvalue weighted by Crippen LogP contribution is 2.44. The Kier molecular flexibility index (Phi) is 4.41. The van der Waals surface area contributed by atoms with E-state index >= 15 is 4.39 Å². The van der Waals surface area contributed by atoms with Gasteiger partial charge in [0.2, 0.25) is 0 Å². The fraction of sp³-hybridized carbons (Fsp3) is 0.273. The molecular weight excluding hydrogens is 359 g/mol. The first-order valence-corrected chi connectivity index (χ1v) is 9.33. The molecule has 1 saturated carbocycles. The highest BCUT2D eigenvalue weighted by molar-refractivity contribution is 5.91. The molecule has 6 heteroatoms. The zero-order valence-electron chi connectivity index (χ0n) is 15.8. The number of nitrogen functional groups attached to an aromatic ring is 1. The molecule has 0 atom stereocenters. The number of anilines is 1. The van der Waals surface area contributed by atoms with Gasteiger partial charge in [-0.2, -0.15) is 0 Å². The van der Waals surface area contributed by atoms with E-state index in [1.807, 2.05) is 0 Å². The second-order valence-corrected chi connectivity index (χ2v) is 7.13. The lowest BCUT2D eigenvalue weighted by molar-refractivity contribution is 0.0524. The molecule has 0 radical (unpaired) electrons. The summed E-state index contributed by atoms with van der Waals surface area (Å²) in [5, 5.41) is 0. The number of hydrogen-bond donors (Lipinski definition) is 1. The van der Waals surface area contributed by atoms with Crippen molar-refractivity contribution in [3.8, 4) is 11.1 Å². The number of benzene rings is 1. The van der Waals surface area contributed by atoms with E-state index in [4.69, 9.17) is 10.5 Å². The average Bonchev–Trinajstić information content (AvgIpc) is 3.48. The Balaban J connectivity index is 2.05. The third kappa shape index (κ3) is 2.95. The molecule has 0 amide bonds. The molecule has 144 valence electrons. The van der Waals surface area contributed by atoms with Gasteiger partial charge in [0.25, 0.3) is 5.56 Å². The maximum atomic E-state index is 15.1. The summed E-state index contributed by atoms with van der Waals surface area (Å²) in [4.78, 5) is 25.2. The van der Waals surface area contributed by atoms with Crippen molar-refractivity contribution in [1.82, 2.24) is 4.40 Å². The number of carbonyl (C=O) groups excluding carboxylic acids is 1. The smallest absolute Gasteiger partial charge is 0.343 e. The maximum Gasteiger partial charge on any atom is 0.343 e. The van der Waals surface area contributed by atoms with E-state index in [2.05, 4.69) is 0 Å². The number of nitrogens with two attached hydrogens (primary N) is 1. The van der Waals surface area contributed by atoms with E-state index in [0.717, 1.165) is 24.6 Å². The van der Waals surface area contributed by atoms with Crippen LogP contribution in [0.3, 0.4) is 0 Å². The summed E-state index contributed by atoms with van der Waals surface area (Å²) in [5.74, 6) is -0.969. The molecule has 0 bridgehead atoms. The molecule has 1 fully saturated rings. The zero-order chi connectivity index (χ0) is 20.0. The fourth-order valence-electron chi connectivity index (χ4n) is 3.76. The summed E-state index contributed by atoms with van der Waals surface area (Å²) in [6.45, 7) is 3.65. The van der Waals surface area contributed by atoms with Crippen molar-refractivity contribution >= 4 is 17.2 Å². The molecule has 2 N–H and O–H groups in total. The molecular formula is C22H21FN2O3. The predicted molar refractivity (Wildman–Crippen MR) is 106 cm³/mol. The molecule has 1 aliphatic carbocycles. The molecule has 0 unspecified atom stereocenters. The number of rotatable bonds is 4. The number of ether oxygens (including phenoxy) is 1. The summed E-state index contributed by atoms with van der Waals surface area (Å²) in [5.41, 5.74) is 9.03. The van der Waals surface area contributed by atoms with Gasteiger partial charge in [-0.05, 0) is 67.5 Å². The Morgan fingerprint density at radius 2 is 2.07 bits per heavy atom. The number of aromatic nitrogens is 1. The van der Waals surface area contributed by atoms with Crippen LogP contribution in [-0.4, -0.2) is 17.0 Å². The lowest BCUT2D eigenvalue weighted by Crippen LogP contribution is -2.25. The van der Waals surface area contributed by atoms with Crippen molar-refractivity contribution < 1.29 is 13.9 Å². The molecule has 1 aromatic carbocycles. The monoisotopic (exact) mass is 380 g/mol. The summed E-state index contributed by atoms with van der Waals surface area (Å²) in [6, 6.07) is 8.64. The molecule has 0 spiro atoms. The third-order valence-corrected chi connectivity index (χ3v) is 5.16. The minimum atomic E-state index is -0.679. The van der Waals surface area contributed by atoms with Crippen molar-refractivity contribution in [2.24, 2.45) is 0 Å². The van der Waals surface area contributed by atoms with E-state index in [-0.39, 0.29) is 18.1 Å². The molecule has 1 aliphatic rings. The second kappa shape index (κ2) is 6.78. The normalized spacial score (nSPS) is 13.7. The van der Waals surface area contributed by atoms with E-state index in [1.54, 1.807) is 44.2 Å². The van der Waals surface area contributed by atoms with Crippen LogP contribution in [0.5, 0.6) is 0 Å². The minimum Gasteiger partial charge on any atom is -0.462 e. The summed E-state index contributed by atoms with van der Waals surface area (Å²) >= 11 is 0. The van der Waals surface area contributed by atoms with Crippen LogP contribution in [0.4, 0.5) is 10.1 Å². The van der Waals surface area contributed by atoms with Gasteiger partial charge in [0.05, 0.1) is 12.1 Å². The fourth-order valence-corrected chi connectivity index (χ4v) is 3.76. The Morgan fingerprint density at radius 1 is 1.32 bits per heavy atom. The SMILES string of the molecule is CCOC(=O)c1cc(C2CC2)c2c(C)c(-c3cccc(N)c3)c(F)cn2c1=O. The van der Waals surface area contributed by atoms with Gasteiger partial charge in [-0.25, -0.2) is 9.18 Å². The van der Waals surface area contributed by atoms with Gasteiger partial charge in [0.15, 0.2) is 0 Å². The molecule has 2 heterocycles. The number of esters is 1. The first-order chi connectivity index (χ1) is 13.4. The molecule has 0 saturated heterocycles. The standard InChI is InChI=1S/C22H21FN2O3/c1-3-28-22(27)17-10-16(13-7-8-13)20-12(2)19(14-5-4-6-15(24)9-14)18(23)11-25(20)21(17)26/h4-6,9-11,13H,3,7-8,24H2,1-2H3. The van der Waals surface area contributed by atoms with E-state index in [9.17, 15) is 9.59 Å². The summed E-state index contributed by atoms with van der Waals surface area (Å²) in [6.07, 6.45) is 3.11. The van der Waals surface area contributed by atoms with Gasteiger partial charge in [-0.3, -0.25) is 9.20 Å². The highest BCUT2D eigenvalue weighted by Gasteiger charge is 2.30. The Morgan fingerprint density at radius 3 is 2.71 bits per heavy atom.